The molecule has 0 aromatic heterocycles. The third-order valence-corrected chi connectivity index (χ3v) is 11.2. The first-order valence-corrected chi connectivity index (χ1v) is 19.9. The van der Waals surface area contributed by atoms with Gasteiger partial charge in [-0.15, -0.1) is 11.8 Å². The molecule has 1 saturated heterocycles. The molecule has 8 atom stereocenters. The third kappa shape index (κ3) is 14.2. The number of aliphatic hydroxyl groups excluding tert-OH is 6. The monoisotopic (exact) mass is 737 g/mol. The van der Waals surface area contributed by atoms with Crippen molar-refractivity contribution in [1.82, 2.24) is 5.32 Å². The van der Waals surface area contributed by atoms with Crippen LogP contribution in [0.4, 0.5) is 0 Å². The Morgan fingerprint density at radius 1 is 0.980 bits per heavy atom. The van der Waals surface area contributed by atoms with E-state index in [1.807, 2.05) is 0 Å². The van der Waals surface area contributed by atoms with Crippen molar-refractivity contribution < 1.29 is 59.2 Å². The smallest absolute Gasteiger partial charge is 0.222 e. The van der Waals surface area contributed by atoms with Crippen LogP contribution in [-0.4, -0.2) is 128 Å². The first-order chi connectivity index (χ1) is 23.6. The summed E-state index contributed by atoms with van der Waals surface area (Å²) in [7, 11) is 0. The second-order valence-electron chi connectivity index (χ2n) is 13.2. The highest BCUT2D eigenvalue weighted by Gasteiger charge is 2.55. The van der Waals surface area contributed by atoms with Gasteiger partial charge in [-0.1, -0.05) is 69.5 Å². The fraction of sp³-hybridized carbons (Fsp3) is 0.882. The number of carbonyl (C=O) groups excluding carboxylic acids is 2. The summed E-state index contributed by atoms with van der Waals surface area (Å²) in [6.45, 7) is 1.44. The van der Waals surface area contributed by atoms with Crippen molar-refractivity contribution in [2.45, 2.75) is 152 Å². The highest BCUT2D eigenvalue weighted by molar-refractivity contribution is 8.13. The van der Waals surface area contributed by atoms with Gasteiger partial charge in [-0.05, 0) is 25.7 Å². The predicted octanol–water partition coefficient (Wildman–Crippen LogP) is 2.47. The van der Waals surface area contributed by atoms with Gasteiger partial charge in [0.25, 0.3) is 0 Å². The summed E-state index contributed by atoms with van der Waals surface area (Å²) in [5, 5.41) is 64.2. The van der Waals surface area contributed by atoms with Gasteiger partial charge in [-0.3, -0.25) is 9.59 Å². The van der Waals surface area contributed by atoms with Gasteiger partial charge in [0, 0.05) is 32.1 Å². The Bertz CT molecular complexity index is 1020. The molecule has 1 fully saturated rings. The zero-order valence-corrected chi connectivity index (χ0v) is 30.5. The van der Waals surface area contributed by atoms with E-state index in [-0.39, 0.29) is 29.0 Å². The molecule has 0 bridgehead atoms. The summed E-state index contributed by atoms with van der Waals surface area (Å²) >= 11 is 2.66. The van der Waals surface area contributed by atoms with Crippen LogP contribution in [0.2, 0.25) is 0 Å². The van der Waals surface area contributed by atoms with Crippen molar-refractivity contribution >= 4 is 34.5 Å². The molecule has 1 spiro atoms. The molecule has 49 heavy (non-hydrogen) atoms. The Morgan fingerprint density at radius 2 is 1.63 bits per heavy atom. The van der Waals surface area contributed by atoms with Crippen LogP contribution in [0, 0.1) is 0 Å². The second-order valence-corrected chi connectivity index (χ2v) is 15.5. The van der Waals surface area contributed by atoms with Crippen molar-refractivity contribution in [2.75, 3.05) is 37.9 Å². The first-order valence-electron chi connectivity index (χ1n) is 18.0. The molecule has 13 nitrogen and oxygen atoms in total. The standard InChI is InChI=1S/C34H59NO12S2/c1-23(38)48-18-14-10-6-4-2-3-5-7-11-15-27(41)35-16-12-8-9-13-17-44-33-32-31(29(43)26(21-37)45-33)47-34(22-49-32)19-24(39)28(42)30(46-34)25(40)20-36/h24-26,28-30,33,36-37,39-40,42-43H,2-22H2,1H3,(H,35,41)/t24-,25+,26+,28-,29-,30-,33?,34-/m0/s1. The van der Waals surface area contributed by atoms with Crippen LogP contribution in [0.3, 0.4) is 0 Å². The fourth-order valence-corrected chi connectivity index (χ4v) is 7.99. The molecular formula is C34H59NO12S2. The van der Waals surface area contributed by atoms with Gasteiger partial charge in [-0.25, -0.2) is 0 Å². The van der Waals surface area contributed by atoms with E-state index in [2.05, 4.69) is 5.32 Å². The average Bonchev–Trinajstić information content (AvgIpc) is 3.08. The van der Waals surface area contributed by atoms with E-state index in [0.29, 0.717) is 24.5 Å². The number of hydrogen-bond donors (Lipinski definition) is 7. The fourth-order valence-electron chi connectivity index (χ4n) is 6.17. The van der Waals surface area contributed by atoms with Crippen LogP contribution in [-0.2, 0) is 28.5 Å². The molecular weight excluding hydrogens is 679 g/mol. The predicted molar refractivity (Wildman–Crippen MR) is 186 cm³/mol. The summed E-state index contributed by atoms with van der Waals surface area (Å²) in [5.41, 5.74) is 0. The second kappa shape index (κ2) is 22.8. The maximum atomic E-state index is 12.2. The van der Waals surface area contributed by atoms with Crippen molar-refractivity contribution in [2.24, 2.45) is 0 Å². The van der Waals surface area contributed by atoms with E-state index in [9.17, 15) is 40.2 Å². The zero-order chi connectivity index (χ0) is 35.6. The molecule has 0 aromatic carbocycles. The molecule has 15 heteroatoms. The van der Waals surface area contributed by atoms with Crippen molar-refractivity contribution in [3.05, 3.63) is 10.7 Å². The van der Waals surface area contributed by atoms with E-state index in [1.54, 1.807) is 6.92 Å². The molecule has 0 radical (unpaired) electrons. The van der Waals surface area contributed by atoms with Gasteiger partial charge in [0.05, 0.1) is 36.6 Å². The third-order valence-electron chi connectivity index (χ3n) is 8.98. The quantitative estimate of drug-likeness (QED) is 0.0754. The van der Waals surface area contributed by atoms with E-state index >= 15 is 0 Å². The number of amides is 1. The first kappa shape index (κ1) is 42.4. The van der Waals surface area contributed by atoms with E-state index in [4.69, 9.17) is 18.9 Å². The minimum atomic E-state index is -1.49. The highest BCUT2D eigenvalue weighted by atomic mass is 32.2. The molecule has 3 aliphatic heterocycles. The van der Waals surface area contributed by atoms with Crippen LogP contribution in [0.1, 0.15) is 103 Å². The van der Waals surface area contributed by atoms with Crippen molar-refractivity contribution in [3.8, 4) is 0 Å². The molecule has 0 aromatic rings. The topological polar surface area (TPSA) is 204 Å². The maximum Gasteiger partial charge on any atom is 0.222 e. The summed E-state index contributed by atoms with van der Waals surface area (Å²) in [5.74, 6) is -0.222. The number of carbonyl (C=O) groups is 2. The Morgan fingerprint density at radius 3 is 2.31 bits per heavy atom. The minimum absolute atomic E-state index is 0.0900. The van der Waals surface area contributed by atoms with Gasteiger partial charge in [0.2, 0.25) is 11.7 Å². The highest BCUT2D eigenvalue weighted by Crippen LogP contribution is 2.47. The van der Waals surface area contributed by atoms with Gasteiger partial charge in [0.15, 0.2) is 11.4 Å². The maximum absolute atomic E-state index is 12.2. The van der Waals surface area contributed by atoms with Crippen LogP contribution in [0.25, 0.3) is 0 Å². The Hall–Kier alpha value is -0.980. The summed E-state index contributed by atoms with van der Waals surface area (Å²) in [4.78, 5) is 23.6. The molecule has 3 heterocycles. The van der Waals surface area contributed by atoms with Crippen LogP contribution in [0.5, 0.6) is 0 Å². The zero-order valence-electron chi connectivity index (χ0n) is 28.8. The van der Waals surface area contributed by atoms with Gasteiger partial charge >= 0.3 is 0 Å². The summed E-state index contributed by atoms with van der Waals surface area (Å²) in [6, 6.07) is 0. The lowest BCUT2D eigenvalue weighted by molar-refractivity contribution is -0.320. The van der Waals surface area contributed by atoms with E-state index in [0.717, 1.165) is 57.1 Å². The molecule has 0 saturated carbocycles. The number of hydrogen-bond acceptors (Lipinski definition) is 14. The Labute approximate surface area is 298 Å². The van der Waals surface area contributed by atoms with Crippen molar-refractivity contribution in [3.63, 3.8) is 0 Å². The van der Waals surface area contributed by atoms with Gasteiger partial charge in [0.1, 0.15) is 36.3 Å². The van der Waals surface area contributed by atoms with Gasteiger partial charge < -0.3 is 54.9 Å². The van der Waals surface area contributed by atoms with E-state index < -0.39 is 61.9 Å². The minimum Gasteiger partial charge on any atom is -0.462 e. The lowest BCUT2D eigenvalue weighted by Crippen LogP contribution is -2.62. The molecule has 1 amide bonds. The Kier molecular flexibility index (Phi) is 19.8. The molecule has 284 valence electrons. The number of unbranched alkanes of at least 4 members (excludes halogenated alkanes) is 11. The van der Waals surface area contributed by atoms with Crippen LogP contribution < -0.4 is 5.32 Å². The van der Waals surface area contributed by atoms with Crippen LogP contribution in [0.15, 0.2) is 10.7 Å². The molecule has 0 aliphatic carbocycles. The average molecular weight is 738 g/mol. The Balaban J connectivity index is 1.26. The normalized spacial score (nSPS) is 29.0. The number of nitrogens with one attached hydrogen (secondary N) is 1. The molecule has 3 aliphatic rings. The largest absolute Gasteiger partial charge is 0.462 e. The summed E-state index contributed by atoms with van der Waals surface area (Å²) in [6.07, 6.45) is 5.46. The number of aliphatic hydroxyl groups is 6. The molecule has 3 rings (SSSR count). The van der Waals surface area contributed by atoms with E-state index in [1.165, 1.54) is 55.6 Å². The summed E-state index contributed by atoms with van der Waals surface area (Å²) < 4.78 is 23.8. The van der Waals surface area contributed by atoms with Gasteiger partial charge in [-0.2, -0.15) is 0 Å². The molecule has 7 N–H and O–H groups in total. The number of thioether (sulfide) groups is 2. The lowest BCUT2D eigenvalue weighted by Gasteiger charge is -2.50. The number of rotatable bonds is 23. The van der Waals surface area contributed by atoms with Crippen molar-refractivity contribution in [1.29, 1.82) is 0 Å². The number of ether oxygens (including phenoxy) is 4. The SMILES string of the molecule is CC(=O)SCCCCCCCCCCCC(=O)NCCCCCCOC1O[C@H](CO)[C@H](O)C2=C1SC[C@]1(C[C@H](O)[C@H](O)[C@H]([C@H](O)CO)O1)O2. The van der Waals surface area contributed by atoms with Crippen LogP contribution >= 0.6 is 23.5 Å². The molecule has 1 unspecified atom stereocenters. The lowest BCUT2D eigenvalue weighted by atomic mass is 9.93.